The summed E-state index contributed by atoms with van der Waals surface area (Å²) in [4.78, 5) is 16.8. The third kappa shape index (κ3) is 2.77. The average molecular weight is 377 g/mol. The monoisotopic (exact) mass is 377 g/mol. The minimum Gasteiger partial charge on any atom is -0.426 e. The van der Waals surface area contributed by atoms with Gasteiger partial charge >= 0.3 is 5.97 Å². The Morgan fingerprint density at radius 1 is 1.08 bits per heavy atom. The van der Waals surface area contributed by atoms with Crippen molar-refractivity contribution in [1.82, 2.24) is 4.98 Å². The number of fused-ring (bicyclic) bond motifs is 4. The van der Waals surface area contributed by atoms with Crippen molar-refractivity contribution in [2.75, 3.05) is 5.75 Å². The molecule has 1 unspecified atom stereocenters. The van der Waals surface area contributed by atoms with Crippen LogP contribution in [-0.2, 0) is 4.79 Å². The van der Waals surface area contributed by atoms with E-state index in [0.29, 0.717) is 12.2 Å². The van der Waals surface area contributed by atoms with E-state index in [1.165, 1.54) is 15.5 Å². The molecule has 0 N–H and O–H groups in total. The number of para-hydroxylation sites is 1. The summed E-state index contributed by atoms with van der Waals surface area (Å²) >= 11 is 3.43. The van der Waals surface area contributed by atoms with Gasteiger partial charge in [0.1, 0.15) is 5.75 Å². The minimum atomic E-state index is -0.150. The Morgan fingerprint density at radius 3 is 2.85 bits per heavy atom. The third-order valence-electron chi connectivity index (χ3n) is 4.66. The van der Waals surface area contributed by atoms with Gasteiger partial charge in [-0.3, -0.25) is 4.79 Å². The van der Waals surface area contributed by atoms with Crippen molar-refractivity contribution in [3.8, 4) is 5.75 Å². The van der Waals surface area contributed by atoms with Gasteiger partial charge in [0, 0.05) is 17.2 Å². The number of carbonyl (C=O) groups is 1. The van der Waals surface area contributed by atoms with E-state index in [9.17, 15) is 4.79 Å². The molecule has 0 aliphatic carbocycles. The number of ether oxygens (including phenoxy) is 1. The fourth-order valence-corrected chi connectivity index (χ4v) is 5.68. The lowest BCUT2D eigenvalue weighted by Crippen LogP contribution is -2.21. The topological polar surface area (TPSA) is 39.2 Å². The van der Waals surface area contributed by atoms with E-state index in [2.05, 4.69) is 18.2 Å². The number of thioether (sulfide) groups is 1. The summed E-state index contributed by atoms with van der Waals surface area (Å²) in [5.74, 6) is 1.50. The van der Waals surface area contributed by atoms with Crippen LogP contribution in [0.15, 0.2) is 65.0 Å². The molecule has 1 atom stereocenters. The van der Waals surface area contributed by atoms with Crippen LogP contribution in [0.25, 0.3) is 21.0 Å². The Labute approximate surface area is 159 Å². The molecule has 0 fully saturated rings. The lowest BCUT2D eigenvalue weighted by molar-refractivity contribution is -0.135. The van der Waals surface area contributed by atoms with Gasteiger partial charge in [0.05, 0.1) is 16.6 Å². The molecule has 0 amide bonds. The molecule has 2 heterocycles. The number of aromatic nitrogens is 1. The van der Waals surface area contributed by atoms with E-state index in [1.807, 2.05) is 42.5 Å². The molecule has 128 valence electrons. The zero-order valence-corrected chi connectivity index (χ0v) is 15.5. The summed E-state index contributed by atoms with van der Waals surface area (Å²) in [6.45, 7) is 0. The van der Waals surface area contributed by atoms with Crippen molar-refractivity contribution in [2.45, 2.75) is 16.7 Å². The first kappa shape index (κ1) is 15.9. The number of thiazole rings is 1. The molecular formula is C21H15NO2S2. The lowest BCUT2D eigenvalue weighted by atomic mass is 9.90. The van der Waals surface area contributed by atoms with Crippen LogP contribution in [0.2, 0.25) is 0 Å². The van der Waals surface area contributed by atoms with E-state index in [1.54, 1.807) is 23.1 Å². The molecule has 5 rings (SSSR count). The number of benzene rings is 3. The molecule has 4 aromatic rings. The molecule has 3 nitrogen and oxygen atoms in total. The van der Waals surface area contributed by atoms with Gasteiger partial charge in [-0.2, -0.15) is 0 Å². The molecule has 1 aliphatic heterocycles. The van der Waals surface area contributed by atoms with Crippen molar-refractivity contribution < 1.29 is 9.53 Å². The maximum atomic E-state index is 12.1. The maximum absolute atomic E-state index is 12.1. The number of nitrogens with zero attached hydrogens (tertiary/aromatic N) is 1. The van der Waals surface area contributed by atoms with Crippen molar-refractivity contribution >= 4 is 50.1 Å². The standard InChI is InChI=1S/C21H15NO2S2/c23-19-11-14(12-25-21-22-16-7-3-4-8-18(16)26-21)20-15-6-2-1-5-13(15)9-10-17(20)24-19/h1-10,14H,11-12H2. The van der Waals surface area contributed by atoms with Crippen molar-refractivity contribution in [3.05, 3.63) is 66.2 Å². The van der Waals surface area contributed by atoms with Gasteiger partial charge in [0.2, 0.25) is 0 Å². The Kier molecular flexibility index (Phi) is 3.91. The number of carbonyl (C=O) groups excluding carboxylic acids is 1. The smallest absolute Gasteiger partial charge is 0.311 e. The summed E-state index contributed by atoms with van der Waals surface area (Å²) in [6, 6.07) is 20.4. The first-order chi connectivity index (χ1) is 12.8. The van der Waals surface area contributed by atoms with Gasteiger partial charge in [-0.05, 0) is 29.0 Å². The predicted octanol–water partition coefficient (Wildman–Crippen LogP) is 5.63. The minimum absolute atomic E-state index is 0.134. The molecule has 1 aliphatic rings. The largest absolute Gasteiger partial charge is 0.426 e. The fraction of sp³-hybridized carbons (Fsp3) is 0.143. The van der Waals surface area contributed by atoms with Crippen LogP contribution in [0, 0.1) is 0 Å². The Bertz CT molecular complexity index is 1100. The molecule has 0 spiro atoms. The van der Waals surface area contributed by atoms with Gasteiger partial charge in [0.25, 0.3) is 0 Å². The van der Waals surface area contributed by atoms with E-state index in [4.69, 9.17) is 9.72 Å². The Hall–Kier alpha value is -2.37. The summed E-state index contributed by atoms with van der Waals surface area (Å²) < 4.78 is 7.76. The van der Waals surface area contributed by atoms with Gasteiger partial charge in [-0.15, -0.1) is 11.3 Å². The second-order valence-electron chi connectivity index (χ2n) is 6.33. The second-order valence-corrected chi connectivity index (χ2v) is 8.63. The van der Waals surface area contributed by atoms with Crippen LogP contribution in [0.4, 0.5) is 0 Å². The fourth-order valence-electron chi connectivity index (χ4n) is 3.48. The molecule has 3 aromatic carbocycles. The highest BCUT2D eigenvalue weighted by Gasteiger charge is 2.29. The summed E-state index contributed by atoms with van der Waals surface area (Å²) in [5.41, 5.74) is 2.19. The summed E-state index contributed by atoms with van der Waals surface area (Å²) in [7, 11) is 0. The Morgan fingerprint density at radius 2 is 1.92 bits per heavy atom. The first-order valence-electron chi connectivity index (χ1n) is 8.48. The molecule has 5 heteroatoms. The number of hydrogen-bond donors (Lipinski definition) is 0. The Balaban J connectivity index is 1.49. The van der Waals surface area contributed by atoms with Crippen LogP contribution in [0.5, 0.6) is 5.75 Å². The van der Waals surface area contributed by atoms with Crippen molar-refractivity contribution in [1.29, 1.82) is 0 Å². The van der Waals surface area contributed by atoms with Crippen LogP contribution in [0.3, 0.4) is 0 Å². The highest BCUT2D eigenvalue weighted by molar-refractivity contribution is 8.01. The summed E-state index contributed by atoms with van der Waals surface area (Å²) in [5, 5.41) is 2.35. The highest BCUT2D eigenvalue weighted by Crippen LogP contribution is 2.42. The maximum Gasteiger partial charge on any atom is 0.311 e. The van der Waals surface area contributed by atoms with Gasteiger partial charge in [-0.1, -0.05) is 54.2 Å². The van der Waals surface area contributed by atoms with E-state index < -0.39 is 0 Å². The van der Waals surface area contributed by atoms with E-state index >= 15 is 0 Å². The lowest BCUT2D eigenvalue weighted by Gasteiger charge is -2.25. The molecule has 0 radical (unpaired) electrons. The SMILES string of the molecule is O=C1CC(CSc2nc3ccccc3s2)c2c(ccc3ccccc23)O1. The van der Waals surface area contributed by atoms with Crippen LogP contribution in [-0.4, -0.2) is 16.7 Å². The zero-order valence-electron chi connectivity index (χ0n) is 13.8. The van der Waals surface area contributed by atoms with Crippen LogP contribution >= 0.6 is 23.1 Å². The van der Waals surface area contributed by atoms with Crippen LogP contribution < -0.4 is 4.74 Å². The van der Waals surface area contributed by atoms with E-state index in [-0.39, 0.29) is 11.9 Å². The normalized spacial score (nSPS) is 16.6. The first-order valence-corrected chi connectivity index (χ1v) is 10.3. The highest BCUT2D eigenvalue weighted by atomic mass is 32.2. The van der Waals surface area contributed by atoms with Crippen molar-refractivity contribution in [3.63, 3.8) is 0 Å². The molecular weight excluding hydrogens is 362 g/mol. The second kappa shape index (κ2) is 6.41. The number of rotatable bonds is 3. The van der Waals surface area contributed by atoms with E-state index in [0.717, 1.165) is 21.2 Å². The molecule has 1 aromatic heterocycles. The molecule has 0 saturated carbocycles. The molecule has 0 bridgehead atoms. The predicted molar refractivity (Wildman–Crippen MR) is 107 cm³/mol. The average Bonchev–Trinajstić information content (AvgIpc) is 3.08. The molecule has 26 heavy (non-hydrogen) atoms. The molecule has 0 saturated heterocycles. The zero-order chi connectivity index (χ0) is 17.5. The van der Waals surface area contributed by atoms with Crippen LogP contribution in [0.1, 0.15) is 17.9 Å². The number of hydrogen-bond acceptors (Lipinski definition) is 5. The van der Waals surface area contributed by atoms with Crippen molar-refractivity contribution in [2.24, 2.45) is 0 Å². The third-order valence-corrected chi connectivity index (χ3v) is 7.00. The van der Waals surface area contributed by atoms with Gasteiger partial charge in [-0.25, -0.2) is 4.98 Å². The quantitative estimate of drug-likeness (QED) is 0.263. The van der Waals surface area contributed by atoms with Gasteiger partial charge < -0.3 is 4.74 Å². The van der Waals surface area contributed by atoms with Gasteiger partial charge in [0.15, 0.2) is 4.34 Å². The number of esters is 1. The summed E-state index contributed by atoms with van der Waals surface area (Å²) in [6.07, 6.45) is 0.416.